The van der Waals surface area contributed by atoms with Crippen molar-refractivity contribution in [2.45, 2.75) is 17.4 Å². The standard InChI is InChI=1S/C13H17N3O2S.ClH/c14-7-12(17)15-8-13(18)16-10-5-6-19-11-4-2-1-3-9(10)11;/h1-4,10H,5-8,14H2,(H,15,17)(H,16,18);1H. The molecule has 0 bridgehead atoms. The Morgan fingerprint density at radius 3 is 2.80 bits per heavy atom. The lowest BCUT2D eigenvalue weighted by atomic mass is 10.0. The van der Waals surface area contributed by atoms with Crippen molar-refractivity contribution in [1.29, 1.82) is 0 Å². The minimum Gasteiger partial charge on any atom is -0.348 e. The number of hydrogen-bond donors (Lipinski definition) is 3. The van der Waals surface area contributed by atoms with Crippen LogP contribution in [0.15, 0.2) is 29.2 Å². The van der Waals surface area contributed by atoms with Gasteiger partial charge in [-0.15, -0.1) is 24.2 Å². The Labute approximate surface area is 128 Å². The maximum atomic E-state index is 11.8. The van der Waals surface area contributed by atoms with Gasteiger partial charge in [0.05, 0.1) is 19.1 Å². The molecule has 4 N–H and O–H groups in total. The summed E-state index contributed by atoms with van der Waals surface area (Å²) in [5.74, 6) is 0.472. The highest BCUT2D eigenvalue weighted by molar-refractivity contribution is 7.99. The average molecular weight is 316 g/mol. The minimum absolute atomic E-state index is 0. The molecule has 1 aromatic carbocycles. The average Bonchev–Trinajstić information content (AvgIpc) is 2.45. The largest absolute Gasteiger partial charge is 0.348 e. The summed E-state index contributed by atoms with van der Waals surface area (Å²) >= 11 is 1.80. The van der Waals surface area contributed by atoms with Gasteiger partial charge in [0, 0.05) is 10.6 Å². The molecule has 1 unspecified atom stereocenters. The molecule has 0 fully saturated rings. The molecule has 0 radical (unpaired) electrons. The molecule has 110 valence electrons. The van der Waals surface area contributed by atoms with Gasteiger partial charge in [-0.25, -0.2) is 0 Å². The molecule has 2 amide bonds. The number of amides is 2. The summed E-state index contributed by atoms with van der Waals surface area (Å²) in [6.45, 7) is -0.127. The topological polar surface area (TPSA) is 84.2 Å². The molecule has 0 aromatic heterocycles. The highest BCUT2D eigenvalue weighted by atomic mass is 35.5. The SMILES string of the molecule is Cl.NCC(=O)NCC(=O)NC1CCSc2ccccc21. The normalized spacial score (nSPS) is 16.6. The van der Waals surface area contributed by atoms with Crippen LogP contribution in [0.3, 0.4) is 0 Å². The van der Waals surface area contributed by atoms with E-state index in [1.807, 2.05) is 18.2 Å². The fourth-order valence-electron chi connectivity index (χ4n) is 1.99. The number of halogens is 1. The number of rotatable bonds is 4. The molecule has 1 atom stereocenters. The van der Waals surface area contributed by atoms with Crippen molar-refractivity contribution in [3.8, 4) is 0 Å². The molecule has 1 aromatic rings. The molecule has 1 aliphatic heterocycles. The zero-order chi connectivity index (χ0) is 13.7. The summed E-state index contributed by atoms with van der Waals surface area (Å²) in [7, 11) is 0. The van der Waals surface area contributed by atoms with Gasteiger partial charge in [0.2, 0.25) is 11.8 Å². The number of nitrogens with two attached hydrogens (primary N) is 1. The quantitative estimate of drug-likeness (QED) is 0.768. The van der Waals surface area contributed by atoms with Crippen molar-refractivity contribution in [3.63, 3.8) is 0 Å². The van der Waals surface area contributed by atoms with Crippen LogP contribution in [0.4, 0.5) is 0 Å². The van der Waals surface area contributed by atoms with Gasteiger partial charge in [-0.1, -0.05) is 18.2 Å². The predicted octanol–water partition coefficient (Wildman–Crippen LogP) is 0.836. The van der Waals surface area contributed by atoms with E-state index in [2.05, 4.69) is 16.7 Å². The van der Waals surface area contributed by atoms with Crippen LogP contribution in [0.5, 0.6) is 0 Å². The van der Waals surface area contributed by atoms with Gasteiger partial charge in [0.1, 0.15) is 0 Å². The maximum absolute atomic E-state index is 11.8. The fraction of sp³-hybridized carbons (Fsp3) is 0.385. The summed E-state index contributed by atoms with van der Waals surface area (Å²) in [4.78, 5) is 24.0. The number of carbonyl (C=O) groups is 2. The van der Waals surface area contributed by atoms with E-state index in [1.54, 1.807) is 11.8 Å². The first-order chi connectivity index (χ1) is 9.20. The molecule has 1 aliphatic rings. The van der Waals surface area contributed by atoms with Crippen LogP contribution in [0.25, 0.3) is 0 Å². The van der Waals surface area contributed by atoms with Gasteiger partial charge >= 0.3 is 0 Å². The molecular weight excluding hydrogens is 298 g/mol. The Morgan fingerprint density at radius 2 is 2.05 bits per heavy atom. The molecule has 0 aliphatic carbocycles. The van der Waals surface area contributed by atoms with E-state index >= 15 is 0 Å². The second-order valence-electron chi connectivity index (χ2n) is 4.28. The Hall–Kier alpha value is -1.24. The monoisotopic (exact) mass is 315 g/mol. The number of fused-ring (bicyclic) bond motifs is 1. The van der Waals surface area contributed by atoms with Crippen LogP contribution in [-0.4, -0.2) is 30.7 Å². The van der Waals surface area contributed by atoms with Gasteiger partial charge in [0.25, 0.3) is 0 Å². The van der Waals surface area contributed by atoms with Crippen LogP contribution in [0, 0.1) is 0 Å². The van der Waals surface area contributed by atoms with E-state index < -0.39 is 0 Å². The van der Waals surface area contributed by atoms with Gasteiger partial charge in [-0.3, -0.25) is 9.59 Å². The van der Waals surface area contributed by atoms with E-state index in [0.717, 1.165) is 17.7 Å². The molecular formula is C13H18ClN3O2S. The molecule has 7 heteroatoms. The first-order valence-corrected chi connectivity index (χ1v) is 7.17. The Balaban J connectivity index is 0.00000200. The van der Waals surface area contributed by atoms with E-state index in [-0.39, 0.29) is 43.4 Å². The summed E-state index contributed by atoms with van der Waals surface area (Å²) in [6.07, 6.45) is 0.901. The number of benzene rings is 1. The highest BCUT2D eigenvalue weighted by Gasteiger charge is 2.21. The first kappa shape index (κ1) is 16.8. The van der Waals surface area contributed by atoms with E-state index in [0.29, 0.717) is 0 Å². The number of carbonyl (C=O) groups excluding carboxylic acids is 2. The molecule has 1 heterocycles. The van der Waals surface area contributed by atoms with Crippen LogP contribution >= 0.6 is 24.2 Å². The smallest absolute Gasteiger partial charge is 0.239 e. The van der Waals surface area contributed by atoms with Crippen LogP contribution in [0.1, 0.15) is 18.0 Å². The Kier molecular flexibility index (Phi) is 6.84. The molecule has 0 saturated carbocycles. The van der Waals surface area contributed by atoms with Crippen LogP contribution < -0.4 is 16.4 Å². The van der Waals surface area contributed by atoms with Crippen molar-refractivity contribution < 1.29 is 9.59 Å². The molecule has 5 nitrogen and oxygen atoms in total. The lowest BCUT2D eigenvalue weighted by molar-refractivity contribution is -0.125. The first-order valence-electron chi connectivity index (χ1n) is 6.18. The van der Waals surface area contributed by atoms with E-state index in [4.69, 9.17) is 5.73 Å². The second-order valence-corrected chi connectivity index (χ2v) is 5.41. The summed E-state index contributed by atoms with van der Waals surface area (Å²) in [5, 5.41) is 5.41. The van der Waals surface area contributed by atoms with Gasteiger partial charge in [-0.2, -0.15) is 0 Å². The van der Waals surface area contributed by atoms with Gasteiger partial charge < -0.3 is 16.4 Å². The van der Waals surface area contributed by atoms with Crippen LogP contribution in [-0.2, 0) is 9.59 Å². The van der Waals surface area contributed by atoms with Crippen molar-refractivity contribution in [1.82, 2.24) is 10.6 Å². The zero-order valence-corrected chi connectivity index (χ0v) is 12.6. The van der Waals surface area contributed by atoms with E-state index in [9.17, 15) is 9.59 Å². The minimum atomic E-state index is -0.324. The zero-order valence-electron chi connectivity index (χ0n) is 10.9. The van der Waals surface area contributed by atoms with Crippen molar-refractivity contribution in [2.75, 3.05) is 18.8 Å². The Bertz CT molecular complexity index is 484. The summed E-state index contributed by atoms with van der Waals surface area (Å²) in [6, 6.07) is 8.09. The van der Waals surface area contributed by atoms with Crippen molar-refractivity contribution in [3.05, 3.63) is 29.8 Å². The summed E-state index contributed by atoms with van der Waals surface area (Å²) < 4.78 is 0. The van der Waals surface area contributed by atoms with Crippen molar-refractivity contribution >= 4 is 36.0 Å². The van der Waals surface area contributed by atoms with Crippen molar-refractivity contribution in [2.24, 2.45) is 5.73 Å². The lowest BCUT2D eigenvalue weighted by Crippen LogP contribution is -2.41. The Morgan fingerprint density at radius 1 is 1.30 bits per heavy atom. The predicted molar refractivity (Wildman–Crippen MR) is 82.0 cm³/mol. The van der Waals surface area contributed by atoms with Crippen LogP contribution in [0.2, 0.25) is 0 Å². The fourth-order valence-corrected chi connectivity index (χ4v) is 3.11. The maximum Gasteiger partial charge on any atom is 0.239 e. The lowest BCUT2D eigenvalue weighted by Gasteiger charge is -2.25. The number of thioether (sulfide) groups is 1. The molecule has 0 spiro atoms. The van der Waals surface area contributed by atoms with E-state index in [1.165, 1.54) is 4.90 Å². The second kappa shape index (κ2) is 8.14. The highest BCUT2D eigenvalue weighted by Crippen LogP contribution is 2.35. The molecule has 2 rings (SSSR count). The third-order valence-electron chi connectivity index (χ3n) is 2.93. The number of hydrogen-bond acceptors (Lipinski definition) is 4. The summed E-state index contributed by atoms with van der Waals surface area (Å²) in [5.41, 5.74) is 6.31. The molecule has 0 saturated heterocycles. The third kappa shape index (κ3) is 4.40. The van der Waals surface area contributed by atoms with Gasteiger partial charge in [-0.05, 0) is 18.1 Å². The third-order valence-corrected chi connectivity index (χ3v) is 4.05. The van der Waals surface area contributed by atoms with Gasteiger partial charge in [0.15, 0.2) is 0 Å². The number of nitrogens with one attached hydrogen (secondary N) is 2. The molecule has 20 heavy (non-hydrogen) atoms.